The third-order valence-electron chi connectivity index (χ3n) is 3.92. The summed E-state index contributed by atoms with van der Waals surface area (Å²) in [6, 6.07) is 8.18. The maximum Gasteiger partial charge on any atom is 0.339 e. The lowest BCUT2D eigenvalue weighted by Gasteiger charge is -2.15. The summed E-state index contributed by atoms with van der Waals surface area (Å²) in [6.45, 7) is 1.37. The standard InChI is InChI=1S/C19H20N2O8/c1-11(29-19(23)12-5-7-16(27-3)17(9-12)28-4)18(22)20-14-10-13(21(24)25)6-8-15(14)26-2/h5-11H,1-4H3,(H,20,22)/t11-/m0/s1. The summed E-state index contributed by atoms with van der Waals surface area (Å²) in [5, 5.41) is 13.4. The smallest absolute Gasteiger partial charge is 0.339 e. The van der Waals surface area contributed by atoms with Crippen LogP contribution in [0.4, 0.5) is 11.4 Å². The fraction of sp³-hybridized carbons (Fsp3) is 0.263. The lowest BCUT2D eigenvalue weighted by atomic mass is 10.2. The van der Waals surface area contributed by atoms with E-state index in [2.05, 4.69) is 5.32 Å². The van der Waals surface area contributed by atoms with Crippen LogP contribution in [-0.2, 0) is 9.53 Å². The molecule has 0 aliphatic heterocycles. The van der Waals surface area contributed by atoms with Gasteiger partial charge >= 0.3 is 5.97 Å². The van der Waals surface area contributed by atoms with Crippen molar-refractivity contribution in [2.45, 2.75) is 13.0 Å². The summed E-state index contributed by atoms with van der Waals surface area (Å²) in [5.74, 6) is -0.437. The van der Waals surface area contributed by atoms with Crippen molar-refractivity contribution < 1.29 is 33.5 Å². The second-order valence-corrected chi connectivity index (χ2v) is 5.75. The number of rotatable bonds is 8. The molecule has 2 aromatic carbocycles. The van der Waals surface area contributed by atoms with E-state index >= 15 is 0 Å². The lowest BCUT2D eigenvalue weighted by Crippen LogP contribution is -2.30. The first kappa shape index (κ1) is 21.5. The molecule has 0 heterocycles. The van der Waals surface area contributed by atoms with Gasteiger partial charge in [-0.15, -0.1) is 0 Å². The zero-order valence-electron chi connectivity index (χ0n) is 16.3. The van der Waals surface area contributed by atoms with Gasteiger partial charge in [-0.1, -0.05) is 0 Å². The zero-order chi connectivity index (χ0) is 21.6. The number of nitro benzene ring substituents is 1. The van der Waals surface area contributed by atoms with Gasteiger partial charge in [0.1, 0.15) is 5.75 Å². The first-order valence-electron chi connectivity index (χ1n) is 8.37. The average molecular weight is 404 g/mol. The molecule has 0 fully saturated rings. The third-order valence-corrected chi connectivity index (χ3v) is 3.92. The van der Waals surface area contributed by atoms with E-state index in [1.165, 1.54) is 58.6 Å². The Balaban J connectivity index is 2.12. The molecule has 0 spiro atoms. The number of carbonyl (C=O) groups excluding carboxylic acids is 2. The number of esters is 1. The minimum absolute atomic E-state index is 0.0840. The average Bonchev–Trinajstić information content (AvgIpc) is 2.72. The van der Waals surface area contributed by atoms with Gasteiger partial charge in [0.15, 0.2) is 17.6 Å². The van der Waals surface area contributed by atoms with Gasteiger partial charge in [-0.3, -0.25) is 14.9 Å². The summed E-state index contributed by atoms with van der Waals surface area (Å²) in [7, 11) is 4.25. The molecule has 10 heteroatoms. The van der Waals surface area contributed by atoms with Crippen LogP contribution in [0.5, 0.6) is 17.2 Å². The van der Waals surface area contributed by atoms with E-state index in [1.807, 2.05) is 0 Å². The molecule has 154 valence electrons. The van der Waals surface area contributed by atoms with Crippen molar-refractivity contribution in [3.05, 3.63) is 52.1 Å². The minimum atomic E-state index is -1.18. The van der Waals surface area contributed by atoms with E-state index in [1.54, 1.807) is 0 Å². The Morgan fingerprint density at radius 1 is 0.966 bits per heavy atom. The van der Waals surface area contributed by atoms with Crippen LogP contribution in [0.3, 0.4) is 0 Å². The fourth-order valence-electron chi connectivity index (χ4n) is 2.39. The number of nitrogens with one attached hydrogen (secondary N) is 1. The summed E-state index contributed by atoms with van der Waals surface area (Å²) in [5.41, 5.74) is 0.0204. The molecular weight excluding hydrogens is 384 g/mol. The molecule has 0 aliphatic carbocycles. The number of carbonyl (C=O) groups is 2. The van der Waals surface area contributed by atoms with Crippen LogP contribution in [0, 0.1) is 10.1 Å². The first-order valence-corrected chi connectivity index (χ1v) is 8.37. The SMILES string of the molecule is COc1ccc([N+](=O)[O-])cc1NC(=O)[C@H](C)OC(=O)c1ccc(OC)c(OC)c1. The van der Waals surface area contributed by atoms with Crippen molar-refractivity contribution in [1.82, 2.24) is 0 Å². The van der Waals surface area contributed by atoms with Crippen LogP contribution in [0.15, 0.2) is 36.4 Å². The number of hydrogen-bond donors (Lipinski definition) is 1. The fourth-order valence-corrected chi connectivity index (χ4v) is 2.39. The molecule has 1 atom stereocenters. The zero-order valence-corrected chi connectivity index (χ0v) is 16.3. The molecule has 0 aliphatic rings. The van der Waals surface area contributed by atoms with E-state index in [9.17, 15) is 19.7 Å². The number of nitro groups is 1. The Hall–Kier alpha value is -3.82. The van der Waals surface area contributed by atoms with Crippen LogP contribution < -0.4 is 19.5 Å². The van der Waals surface area contributed by atoms with Crippen molar-refractivity contribution in [3.8, 4) is 17.2 Å². The molecule has 1 N–H and O–H groups in total. The maximum absolute atomic E-state index is 12.4. The number of amides is 1. The summed E-state index contributed by atoms with van der Waals surface area (Å²) >= 11 is 0. The molecule has 0 aromatic heterocycles. The summed E-state index contributed by atoms with van der Waals surface area (Å²) in [4.78, 5) is 35.1. The second kappa shape index (κ2) is 9.40. The molecule has 29 heavy (non-hydrogen) atoms. The summed E-state index contributed by atoms with van der Waals surface area (Å²) < 4.78 is 20.5. The number of anilines is 1. The Morgan fingerprint density at radius 3 is 2.17 bits per heavy atom. The van der Waals surface area contributed by atoms with Gasteiger partial charge in [-0.05, 0) is 31.2 Å². The number of ether oxygens (including phenoxy) is 4. The second-order valence-electron chi connectivity index (χ2n) is 5.75. The molecule has 0 saturated carbocycles. The molecule has 1 amide bonds. The topological polar surface area (TPSA) is 126 Å². The minimum Gasteiger partial charge on any atom is -0.495 e. The van der Waals surface area contributed by atoms with E-state index in [4.69, 9.17) is 18.9 Å². The van der Waals surface area contributed by atoms with Crippen molar-refractivity contribution in [2.75, 3.05) is 26.6 Å². The van der Waals surface area contributed by atoms with Crippen LogP contribution in [0.25, 0.3) is 0 Å². The first-order chi connectivity index (χ1) is 13.8. The van der Waals surface area contributed by atoms with Crippen LogP contribution >= 0.6 is 0 Å². The molecule has 0 radical (unpaired) electrons. The highest BCUT2D eigenvalue weighted by Crippen LogP contribution is 2.30. The largest absolute Gasteiger partial charge is 0.495 e. The quantitative estimate of drug-likeness (QED) is 0.404. The predicted molar refractivity (Wildman–Crippen MR) is 103 cm³/mol. The normalized spacial score (nSPS) is 11.2. The van der Waals surface area contributed by atoms with Gasteiger partial charge in [0.2, 0.25) is 0 Å². The number of benzene rings is 2. The number of hydrogen-bond acceptors (Lipinski definition) is 8. The molecule has 0 saturated heterocycles. The van der Waals surface area contributed by atoms with Crippen molar-refractivity contribution in [2.24, 2.45) is 0 Å². The van der Waals surface area contributed by atoms with E-state index in [0.717, 1.165) is 6.07 Å². The summed E-state index contributed by atoms with van der Waals surface area (Å²) in [6.07, 6.45) is -1.18. The van der Waals surface area contributed by atoms with Gasteiger partial charge in [-0.2, -0.15) is 0 Å². The molecule has 10 nitrogen and oxygen atoms in total. The Morgan fingerprint density at radius 2 is 1.59 bits per heavy atom. The molecule has 0 bridgehead atoms. The number of nitrogens with zero attached hydrogens (tertiary/aromatic N) is 1. The highest BCUT2D eigenvalue weighted by molar-refractivity contribution is 5.98. The van der Waals surface area contributed by atoms with Crippen LogP contribution in [0.2, 0.25) is 0 Å². The number of non-ortho nitro benzene ring substituents is 1. The Kier molecular flexibility index (Phi) is 6.96. The molecule has 2 aromatic rings. The van der Waals surface area contributed by atoms with E-state index < -0.39 is 22.9 Å². The van der Waals surface area contributed by atoms with Gasteiger partial charge < -0.3 is 24.3 Å². The van der Waals surface area contributed by atoms with Gasteiger partial charge in [-0.25, -0.2) is 4.79 Å². The predicted octanol–water partition coefficient (Wildman–Crippen LogP) is 2.80. The van der Waals surface area contributed by atoms with E-state index in [-0.39, 0.29) is 22.7 Å². The maximum atomic E-state index is 12.4. The lowest BCUT2D eigenvalue weighted by molar-refractivity contribution is -0.384. The van der Waals surface area contributed by atoms with Crippen LogP contribution in [0.1, 0.15) is 17.3 Å². The third kappa shape index (κ3) is 5.12. The Labute approximate surface area is 166 Å². The van der Waals surface area contributed by atoms with Gasteiger partial charge in [0, 0.05) is 12.1 Å². The molecular formula is C19H20N2O8. The van der Waals surface area contributed by atoms with Crippen molar-refractivity contribution in [1.29, 1.82) is 0 Å². The van der Waals surface area contributed by atoms with Crippen molar-refractivity contribution in [3.63, 3.8) is 0 Å². The van der Waals surface area contributed by atoms with E-state index in [0.29, 0.717) is 11.5 Å². The van der Waals surface area contributed by atoms with Gasteiger partial charge in [0.25, 0.3) is 11.6 Å². The molecule has 0 unspecified atom stereocenters. The Bertz CT molecular complexity index is 928. The highest BCUT2D eigenvalue weighted by Gasteiger charge is 2.22. The molecule has 2 rings (SSSR count). The van der Waals surface area contributed by atoms with Crippen molar-refractivity contribution >= 4 is 23.3 Å². The monoisotopic (exact) mass is 404 g/mol. The highest BCUT2D eigenvalue weighted by atomic mass is 16.6. The van der Waals surface area contributed by atoms with Gasteiger partial charge in [0.05, 0.1) is 37.5 Å². The van der Waals surface area contributed by atoms with Crippen LogP contribution in [-0.4, -0.2) is 44.2 Å². The number of methoxy groups -OCH3 is 3.